The van der Waals surface area contributed by atoms with Gasteiger partial charge < -0.3 is 5.32 Å². The number of fused-ring (bicyclic) bond motifs is 1. The van der Waals surface area contributed by atoms with Crippen LogP contribution in [0.4, 0.5) is 0 Å². The Morgan fingerprint density at radius 2 is 1.93 bits per heavy atom. The summed E-state index contributed by atoms with van der Waals surface area (Å²) >= 11 is 0. The number of rotatable bonds is 3. The quantitative estimate of drug-likeness (QED) is 0.612. The molecule has 0 atom stereocenters. The standard InChI is InChI=1S/C21H20N6/c1-2-9-23-19(7-1)16-5-3-6-17(13-16)26-12-10-24-21(26)20-14-18-15-22-8-4-11-27(18)25-20/h1-3,5-7,9-10,12-14,22H,4,8,11,15H2. The van der Waals surface area contributed by atoms with E-state index < -0.39 is 0 Å². The van der Waals surface area contributed by atoms with Crippen LogP contribution >= 0.6 is 0 Å². The summed E-state index contributed by atoms with van der Waals surface area (Å²) < 4.78 is 4.18. The summed E-state index contributed by atoms with van der Waals surface area (Å²) in [6.45, 7) is 2.83. The van der Waals surface area contributed by atoms with Crippen LogP contribution in [0.15, 0.2) is 67.1 Å². The lowest BCUT2D eigenvalue weighted by Crippen LogP contribution is -2.11. The van der Waals surface area contributed by atoms with Gasteiger partial charge in [-0.3, -0.25) is 14.2 Å². The number of nitrogens with one attached hydrogen (secondary N) is 1. The number of hydrogen-bond donors (Lipinski definition) is 1. The summed E-state index contributed by atoms with van der Waals surface area (Å²) in [6, 6.07) is 16.4. The molecule has 0 fully saturated rings. The number of pyridine rings is 1. The summed E-state index contributed by atoms with van der Waals surface area (Å²) in [7, 11) is 0. The van der Waals surface area contributed by atoms with Crippen molar-refractivity contribution < 1.29 is 0 Å². The van der Waals surface area contributed by atoms with E-state index in [4.69, 9.17) is 5.10 Å². The average Bonchev–Trinajstić information content (AvgIpc) is 3.31. The average molecular weight is 356 g/mol. The third kappa shape index (κ3) is 3.04. The van der Waals surface area contributed by atoms with Gasteiger partial charge in [-0.25, -0.2) is 4.98 Å². The molecule has 0 aliphatic carbocycles. The van der Waals surface area contributed by atoms with Gasteiger partial charge in [0.15, 0.2) is 5.82 Å². The number of aryl methyl sites for hydroxylation is 1. The van der Waals surface area contributed by atoms with Gasteiger partial charge in [0, 0.05) is 42.9 Å². The molecule has 134 valence electrons. The van der Waals surface area contributed by atoms with E-state index in [9.17, 15) is 0 Å². The van der Waals surface area contributed by atoms with E-state index in [1.807, 2.05) is 36.8 Å². The van der Waals surface area contributed by atoms with E-state index >= 15 is 0 Å². The predicted molar refractivity (Wildman–Crippen MR) is 104 cm³/mol. The highest BCUT2D eigenvalue weighted by Crippen LogP contribution is 2.25. The Bertz CT molecular complexity index is 1040. The SMILES string of the molecule is c1ccc(-c2cccc(-n3ccnc3-c3cc4n(n3)CCCNC4)c2)nc1. The molecule has 3 aromatic heterocycles. The molecule has 1 aliphatic heterocycles. The largest absolute Gasteiger partial charge is 0.311 e. The fourth-order valence-electron chi connectivity index (χ4n) is 3.52. The van der Waals surface area contributed by atoms with E-state index in [1.165, 1.54) is 5.69 Å². The Hall–Kier alpha value is -3.25. The van der Waals surface area contributed by atoms with Gasteiger partial charge in [0.2, 0.25) is 0 Å². The molecular formula is C21H20N6. The van der Waals surface area contributed by atoms with Gasteiger partial charge in [0.1, 0.15) is 5.69 Å². The summed E-state index contributed by atoms with van der Waals surface area (Å²) in [5.41, 5.74) is 5.20. The Kier molecular flexibility index (Phi) is 4.03. The lowest BCUT2D eigenvalue weighted by molar-refractivity contribution is 0.588. The maximum Gasteiger partial charge on any atom is 0.165 e. The summed E-state index contributed by atoms with van der Waals surface area (Å²) in [5, 5.41) is 8.24. The van der Waals surface area contributed by atoms with E-state index in [2.05, 4.69) is 54.9 Å². The van der Waals surface area contributed by atoms with Gasteiger partial charge in [0.05, 0.1) is 11.4 Å². The van der Waals surface area contributed by atoms with Crippen molar-refractivity contribution in [2.75, 3.05) is 6.54 Å². The molecule has 0 saturated carbocycles. The molecule has 4 heterocycles. The smallest absolute Gasteiger partial charge is 0.165 e. The van der Waals surface area contributed by atoms with E-state index in [0.29, 0.717) is 0 Å². The third-order valence-corrected chi connectivity index (χ3v) is 4.85. The minimum atomic E-state index is 0.850. The Morgan fingerprint density at radius 1 is 0.926 bits per heavy atom. The van der Waals surface area contributed by atoms with Gasteiger partial charge >= 0.3 is 0 Å². The van der Waals surface area contributed by atoms with Crippen LogP contribution in [0.1, 0.15) is 12.1 Å². The zero-order chi connectivity index (χ0) is 18.1. The van der Waals surface area contributed by atoms with Gasteiger partial charge in [-0.15, -0.1) is 0 Å². The van der Waals surface area contributed by atoms with Crippen molar-refractivity contribution >= 4 is 0 Å². The topological polar surface area (TPSA) is 60.6 Å². The number of nitrogens with zero attached hydrogens (tertiary/aromatic N) is 5. The normalized spacial score (nSPS) is 13.9. The number of aromatic nitrogens is 5. The molecule has 0 spiro atoms. The summed E-state index contributed by atoms with van der Waals surface area (Å²) in [6.07, 6.45) is 6.72. The summed E-state index contributed by atoms with van der Waals surface area (Å²) in [4.78, 5) is 9.04. The van der Waals surface area contributed by atoms with Crippen LogP contribution in [0.5, 0.6) is 0 Å². The predicted octanol–water partition coefficient (Wildman–Crippen LogP) is 3.29. The van der Waals surface area contributed by atoms with Crippen molar-refractivity contribution in [1.29, 1.82) is 0 Å². The second-order valence-corrected chi connectivity index (χ2v) is 6.66. The molecule has 1 aliphatic rings. The number of benzene rings is 1. The molecule has 4 aromatic rings. The summed E-state index contributed by atoms with van der Waals surface area (Å²) in [5.74, 6) is 0.855. The van der Waals surface area contributed by atoms with Gasteiger partial charge in [0.25, 0.3) is 0 Å². The molecule has 0 saturated heterocycles. The second-order valence-electron chi connectivity index (χ2n) is 6.66. The number of imidazole rings is 1. The molecular weight excluding hydrogens is 336 g/mol. The van der Waals surface area contributed by atoms with Crippen LogP contribution in [-0.2, 0) is 13.1 Å². The highest BCUT2D eigenvalue weighted by atomic mass is 15.3. The van der Waals surface area contributed by atoms with Crippen LogP contribution < -0.4 is 5.32 Å². The fourth-order valence-corrected chi connectivity index (χ4v) is 3.52. The molecule has 1 N–H and O–H groups in total. The molecule has 5 rings (SSSR count). The first kappa shape index (κ1) is 16.0. The van der Waals surface area contributed by atoms with Crippen molar-refractivity contribution in [2.24, 2.45) is 0 Å². The van der Waals surface area contributed by atoms with E-state index in [0.717, 1.165) is 54.5 Å². The highest BCUT2D eigenvalue weighted by molar-refractivity contribution is 5.64. The molecule has 0 unspecified atom stereocenters. The van der Waals surface area contributed by atoms with E-state index in [-0.39, 0.29) is 0 Å². The van der Waals surface area contributed by atoms with Crippen LogP contribution in [0, 0.1) is 0 Å². The van der Waals surface area contributed by atoms with Crippen LogP contribution in [-0.4, -0.2) is 30.9 Å². The zero-order valence-electron chi connectivity index (χ0n) is 14.9. The maximum atomic E-state index is 4.80. The van der Waals surface area contributed by atoms with Crippen molar-refractivity contribution in [2.45, 2.75) is 19.5 Å². The van der Waals surface area contributed by atoms with Gasteiger partial charge in [-0.2, -0.15) is 5.10 Å². The lowest BCUT2D eigenvalue weighted by Gasteiger charge is -2.08. The fraction of sp³-hybridized carbons (Fsp3) is 0.190. The molecule has 0 bridgehead atoms. The minimum Gasteiger partial charge on any atom is -0.311 e. The Labute approximate surface area is 157 Å². The van der Waals surface area contributed by atoms with Crippen molar-refractivity contribution in [1.82, 2.24) is 29.6 Å². The van der Waals surface area contributed by atoms with Gasteiger partial charge in [-0.1, -0.05) is 18.2 Å². The van der Waals surface area contributed by atoms with Crippen molar-refractivity contribution in [3.05, 3.63) is 72.8 Å². The Morgan fingerprint density at radius 3 is 2.85 bits per heavy atom. The monoisotopic (exact) mass is 356 g/mol. The Balaban J connectivity index is 1.54. The molecule has 0 radical (unpaired) electrons. The third-order valence-electron chi connectivity index (χ3n) is 4.85. The molecule has 6 heteroatoms. The van der Waals surface area contributed by atoms with Crippen molar-refractivity contribution in [3.8, 4) is 28.5 Å². The van der Waals surface area contributed by atoms with E-state index in [1.54, 1.807) is 0 Å². The van der Waals surface area contributed by atoms with Crippen LogP contribution in [0.3, 0.4) is 0 Å². The lowest BCUT2D eigenvalue weighted by atomic mass is 10.1. The molecule has 27 heavy (non-hydrogen) atoms. The second kappa shape index (κ2) is 6.81. The molecule has 0 amide bonds. The maximum absolute atomic E-state index is 4.80. The molecule has 1 aromatic carbocycles. The van der Waals surface area contributed by atoms with Crippen molar-refractivity contribution in [3.63, 3.8) is 0 Å². The van der Waals surface area contributed by atoms with Gasteiger partial charge in [-0.05, 0) is 43.3 Å². The van der Waals surface area contributed by atoms with Crippen LogP contribution in [0.2, 0.25) is 0 Å². The first-order chi connectivity index (χ1) is 13.4. The van der Waals surface area contributed by atoms with Crippen LogP contribution in [0.25, 0.3) is 28.5 Å². The molecule has 6 nitrogen and oxygen atoms in total. The highest BCUT2D eigenvalue weighted by Gasteiger charge is 2.16. The number of hydrogen-bond acceptors (Lipinski definition) is 4. The minimum absolute atomic E-state index is 0.850. The first-order valence-electron chi connectivity index (χ1n) is 9.21. The zero-order valence-corrected chi connectivity index (χ0v) is 14.9. The first-order valence-corrected chi connectivity index (χ1v) is 9.21.